The normalized spacial score (nSPS) is 12.8. The van der Waals surface area contributed by atoms with E-state index in [9.17, 15) is 0 Å². The Morgan fingerprint density at radius 1 is 1.29 bits per heavy atom. The van der Waals surface area contributed by atoms with Crippen molar-refractivity contribution in [3.63, 3.8) is 0 Å². The molecule has 0 radical (unpaired) electrons. The van der Waals surface area contributed by atoms with Gasteiger partial charge in [0, 0.05) is 37.4 Å². The van der Waals surface area contributed by atoms with Gasteiger partial charge in [-0.15, -0.1) is 0 Å². The lowest BCUT2D eigenvalue weighted by Crippen LogP contribution is -2.31. The molecule has 0 aliphatic carbocycles. The van der Waals surface area contributed by atoms with Gasteiger partial charge in [-0.2, -0.15) is 5.10 Å². The fraction of sp³-hybridized carbons (Fsp3) is 0.500. The first-order chi connectivity index (χ1) is 8.34. The van der Waals surface area contributed by atoms with Crippen molar-refractivity contribution >= 4 is 0 Å². The second-order valence-electron chi connectivity index (χ2n) is 4.24. The minimum atomic E-state index is 0.442. The van der Waals surface area contributed by atoms with Gasteiger partial charge in [0.15, 0.2) is 0 Å². The summed E-state index contributed by atoms with van der Waals surface area (Å²) in [6.07, 6.45) is 10.6. The van der Waals surface area contributed by atoms with Crippen LogP contribution in [0.2, 0.25) is 0 Å². The van der Waals surface area contributed by atoms with Crippen molar-refractivity contribution in [1.82, 2.24) is 24.6 Å². The Bertz CT molecular complexity index is 392. The van der Waals surface area contributed by atoms with E-state index in [-0.39, 0.29) is 0 Å². The quantitative estimate of drug-likeness (QED) is 0.730. The van der Waals surface area contributed by atoms with Crippen molar-refractivity contribution in [1.29, 1.82) is 0 Å². The van der Waals surface area contributed by atoms with Crippen LogP contribution in [0.25, 0.3) is 0 Å². The average Bonchev–Trinajstić information content (AvgIpc) is 2.96. The molecule has 2 aromatic rings. The van der Waals surface area contributed by atoms with Crippen LogP contribution in [-0.2, 0) is 13.1 Å². The smallest absolute Gasteiger partial charge is 0.0945 e. The molecule has 1 atom stereocenters. The van der Waals surface area contributed by atoms with E-state index < -0.39 is 0 Å². The van der Waals surface area contributed by atoms with Crippen molar-refractivity contribution in [3.8, 4) is 0 Å². The first-order valence-electron chi connectivity index (χ1n) is 6.01. The first-order valence-corrected chi connectivity index (χ1v) is 6.01. The molecule has 0 spiro atoms. The number of nitrogens with zero attached hydrogens (tertiary/aromatic N) is 4. The number of rotatable bonds is 7. The highest BCUT2D eigenvalue weighted by Crippen LogP contribution is 1.93. The summed E-state index contributed by atoms with van der Waals surface area (Å²) in [6, 6.07) is 2.39. The average molecular weight is 233 g/mol. The van der Waals surface area contributed by atoms with Crippen LogP contribution >= 0.6 is 0 Å². The minimum absolute atomic E-state index is 0.442. The molecule has 0 saturated heterocycles. The van der Waals surface area contributed by atoms with Crippen LogP contribution in [-0.4, -0.2) is 31.9 Å². The second-order valence-corrected chi connectivity index (χ2v) is 4.24. The SMILES string of the molecule is CC(Cn1cccn1)NCCCn1ccnc1. The van der Waals surface area contributed by atoms with Gasteiger partial charge in [-0.05, 0) is 26.0 Å². The van der Waals surface area contributed by atoms with Gasteiger partial charge in [0.2, 0.25) is 0 Å². The number of imidazole rings is 1. The third-order valence-corrected chi connectivity index (χ3v) is 2.67. The number of hydrogen-bond donors (Lipinski definition) is 1. The Morgan fingerprint density at radius 3 is 2.94 bits per heavy atom. The zero-order valence-electron chi connectivity index (χ0n) is 10.2. The highest BCUT2D eigenvalue weighted by atomic mass is 15.3. The predicted molar refractivity (Wildman–Crippen MR) is 66.5 cm³/mol. The molecule has 17 heavy (non-hydrogen) atoms. The molecule has 5 heteroatoms. The summed E-state index contributed by atoms with van der Waals surface area (Å²) in [7, 11) is 0. The summed E-state index contributed by atoms with van der Waals surface area (Å²) in [4.78, 5) is 4.02. The molecule has 0 aliphatic heterocycles. The summed E-state index contributed by atoms with van der Waals surface area (Å²) in [5.74, 6) is 0. The summed E-state index contributed by atoms with van der Waals surface area (Å²) in [6.45, 7) is 5.12. The van der Waals surface area contributed by atoms with E-state index in [2.05, 4.69) is 26.9 Å². The predicted octanol–water partition coefficient (Wildman–Crippen LogP) is 1.15. The molecule has 0 aromatic carbocycles. The Balaban J connectivity index is 1.58. The van der Waals surface area contributed by atoms with E-state index in [0.717, 1.165) is 26.1 Å². The summed E-state index contributed by atoms with van der Waals surface area (Å²) in [5, 5.41) is 7.68. The van der Waals surface area contributed by atoms with Gasteiger partial charge < -0.3 is 9.88 Å². The van der Waals surface area contributed by atoms with Crippen LogP contribution in [0.15, 0.2) is 37.2 Å². The molecule has 0 bridgehead atoms. The van der Waals surface area contributed by atoms with Gasteiger partial charge in [0.1, 0.15) is 0 Å². The van der Waals surface area contributed by atoms with Crippen molar-refractivity contribution in [2.75, 3.05) is 6.54 Å². The maximum atomic E-state index is 4.19. The highest BCUT2D eigenvalue weighted by molar-refractivity contribution is 4.79. The van der Waals surface area contributed by atoms with Gasteiger partial charge in [0.05, 0.1) is 12.9 Å². The van der Waals surface area contributed by atoms with Crippen LogP contribution in [0.3, 0.4) is 0 Å². The third kappa shape index (κ3) is 4.03. The lowest BCUT2D eigenvalue weighted by Gasteiger charge is -2.13. The van der Waals surface area contributed by atoms with E-state index >= 15 is 0 Å². The molecule has 0 saturated carbocycles. The Hall–Kier alpha value is -1.62. The largest absolute Gasteiger partial charge is 0.337 e. The van der Waals surface area contributed by atoms with Gasteiger partial charge in [-0.25, -0.2) is 4.98 Å². The zero-order chi connectivity index (χ0) is 11.9. The summed E-state index contributed by atoms with van der Waals surface area (Å²) < 4.78 is 4.05. The maximum absolute atomic E-state index is 4.19. The van der Waals surface area contributed by atoms with Crippen LogP contribution in [0, 0.1) is 0 Å². The summed E-state index contributed by atoms with van der Waals surface area (Å²) >= 11 is 0. The molecule has 1 unspecified atom stereocenters. The van der Waals surface area contributed by atoms with E-state index in [1.165, 1.54) is 0 Å². The highest BCUT2D eigenvalue weighted by Gasteiger charge is 2.01. The van der Waals surface area contributed by atoms with Crippen molar-refractivity contribution in [2.45, 2.75) is 32.5 Å². The van der Waals surface area contributed by atoms with Crippen LogP contribution < -0.4 is 5.32 Å². The number of aromatic nitrogens is 4. The molecule has 0 amide bonds. The number of nitrogens with one attached hydrogen (secondary N) is 1. The second kappa shape index (κ2) is 6.20. The van der Waals surface area contributed by atoms with E-state index in [1.54, 1.807) is 0 Å². The van der Waals surface area contributed by atoms with Gasteiger partial charge in [-0.1, -0.05) is 0 Å². The lowest BCUT2D eigenvalue weighted by atomic mass is 10.3. The molecular weight excluding hydrogens is 214 g/mol. The Kier molecular flexibility index (Phi) is 4.32. The first kappa shape index (κ1) is 11.9. The van der Waals surface area contributed by atoms with Crippen molar-refractivity contribution in [2.24, 2.45) is 0 Å². The molecular formula is C12H19N5. The number of aryl methyl sites for hydroxylation is 1. The fourth-order valence-electron chi connectivity index (χ4n) is 1.78. The van der Waals surface area contributed by atoms with Crippen LogP contribution in [0.4, 0.5) is 0 Å². The van der Waals surface area contributed by atoms with Crippen LogP contribution in [0.1, 0.15) is 13.3 Å². The topological polar surface area (TPSA) is 47.7 Å². The van der Waals surface area contributed by atoms with Crippen molar-refractivity contribution in [3.05, 3.63) is 37.2 Å². The maximum Gasteiger partial charge on any atom is 0.0945 e. The third-order valence-electron chi connectivity index (χ3n) is 2.67. The molecule has 92 valence electrons. The molecule has 0 aliphatic rings. The van der Waals surface area contributed by atoms with Gasteiger partial charge >= 0.3 is 0 Å². The summed E-state index contributed by atoms with van der Waals surface area (Å²) in [5.41, 5.74) is 0. The lowest BCUT2D eigenvalue weighted by molar-refractivity contribution is 0.440. The van der Waals surface area contributed by atoms with Gasteiger partial charge in [-0.3, -0.25) is 4.68 Å². The Labute approximate surface area is 101 Å². The van der Waals surface area contributed by atoms with Gasteiger partial charge in [0.25, 0.3) is 0 Å². The minimum Gasteiger partial charge on any atom is -0.337 e. The molecule has 0 fully saturated rings. The van der Waals surface area contributed by atoms with E-state index in [4.69, 9.17) is 0 Å². The molecule has 1 N–H and O–H groups in total. The fourth-order valence-corrected chi connectivity index (χ4v) is 1.78. The van der Waals surface area contributed by atoms with Crippen molar-refractivity contribution < 1.29 is 0 Å². The molecule has 5 nitrogen and oxygen atoms in total. The van der Waals surface area contributed by atoms with E-state index in [0.29, 0.717) is 6.04 Å². The molecule has 2 rings (SSSR count). The van der Waals surface area contributed by atoms with E-state index in [1.807, 2.05) is 41.9 Å². The number of hydrogen-bond acceptors (Lipinski definition) is 3. The Morgan fingerprint density at radius 2 is 2.24 bits per heavy atom. The molecule has 2 heterocycles. The zero-order valence-corrected chi connectivity index (χ0v) is 10.2. The molecule has 2 aromatic heterocycles. The van der Waals surface area contributed by atoms with Crippen LogP contribution in [0.5, 0.6) is 0 Å². The monoisotopic (exact) mass is 233 g/mol. The standard InChI is InChI=1S/C12H19N5/c1-12(10-17-8-3-5-15-17)14-4-2-7-16-9-6-13-11-16/h3,5-6,8-9,11-12,14H,2,4,7,10H2,1H3.